The van der Waals surface area contributed by atoms with Gasteiger partial charge >= 0.3 is 0 Å². The summed E-state index contributed by atoms with van der Waals surface area (Å²) in [5.41, 5.74) is 0.190. The molecule has 0 radical (unpaired) electrons. The molecule has 2 aromatic rings. The van der Waals surface area contributed by atoms with Crippen LogP contribution in [0.15, 0.2) is 28.7 Å². The molecule has 1 aromatic heterocycles. The third-order valence-corrected chi connectivity index (χ3v) is 5.01. The molecule has 0 spiro atoms. The van der Waals surface area contributed by atoms with Crippen LogP contribution in [0.1, 0.15) is 29.8 Å². The molecule has 3 nitrogen and oxygen atoms in total. The number of rotatable bonds is 3. The number of carbonyl (C=O) groups is 1. The number of piperidine rings is 3. The van der Waals surface area contributed by atoms with E-state index in [1.54, 1.807) is 18.2 Å². The number of hydrogen-bond donors (Lipinski definition) is 0. The Hall–Kier alpha value is -1.68. The fourth-order valence-electron chi connectivity index (χ4n) is 3.82. The highest BCUT2D eigenvalue weighted by Gasteiger charge is 2.35. The molecule has 3 aliphatic heterocycles. The first-order valence-electron chi connectivity index (χ1n) is 7.64. The van der Waals surface area contributed by atoms with Crippen molar-refractivity contribution in [3.05, 3.63) is 35.8 Å². The van der Waals surface area contributed by atoms with Gasteiger partial charge < -0.3 is 9.32 Å². The maximum Gasteiger partial charge on any atom is 0.198 e. The lowest BCUT2D eigenvalue weighted by molar-refractivity contribution is 0.0433. The Labute approximate surface area is 122 Å². The first kappa shape index (κ1) is 13.0. The SMILES string of the molecule is O=C(C[C@H]1CN2CCC1CC2)c1cc2cccc(F)c2o1. The van der Waals surface area contributed by atoms with Gasteiger partial charge in [-0.25, -0.2) is 4.39 Å². The minimum atomic E-state index is -0.408. The molecule has 0 unspecified atom stereocenters. The number of hydrogen-bond acceptors (Lipinski definition) is 3. The van der Waals surface area contributed by atoms with Gasteiger partial charge in [0.15, 0.2) is 22.9 Å². The minimum Gasteiger partial charge on any atom is -0.450 e. The maximum atomic E-state index is 13.6. The van der Waals surface area contributed by atoms with Crippen molar-refractivity contribution in [1.82, 2.24) is 4.90 Å². The number of carbonyl (C=O) groups excluding carboxylic acids is 1. The Bertz CT molecular complexity index is 685. The van der Waals surface area contributed by atoms with Crippen molar-refractivity contribution in [2.24, 2.45) is 11.8 Å². The second kappa shape index (κ2) is 4.95. The van der Waals surface area contributed by atoms with Gasteiger partial charge in [-0.3, -0.25) is 4.79 Å². The zero-order chi connectivity index (χ0) is 14.4. The molecule has 0 amide bonds. The lowest BCUT2D eigenvalue weighted by Crippen LogP contribution is -2.47. The topological polar surface area (TPSA) is 33.5 Å². The molecular formula is C17H18FNO2. The molecular weight excluding hydrogens is 269 g/mol. The van der Waals surface area contributed by atoms with Crippen LogP contribution in [0.2, 0.25) is 0 Å². The van der Waals surface area contributed by atoms with E-state index in [-0.39, 0.29) is 11.4 Å². The van der Waals surface area contributed by atoms with Crippen LogP contribution in [0, 0.1) is 17.7 Å². The molecule has 0 saturated carbocycles. The van der Waals surface area contributed by atoms with Crippen molar-refractivity contribution >= 4 is 16.8 Å². The number of fused-ring (bicyclic) bond motifs is 4. The minimum absolute atomic E-state index is 0.00403. The Morgan fingerprint density at radius 1 is 1.33 bits per heavy atom. The number of ketones is 1. The van der Waals surface area contributed by atoms with Crippen LogP contribution in [0.4, 0.5) is 4.39 Å². The van der Waals surface area contributed by atoms with Gasteiger partial charge in [-0.2, -0.15) is 0 Å². The summed E-state index contributed by atoms with van der Waals surface area (Å²) in [7, 11) is 0. The van der Waals surface area contributed by atoms with Gasteiger partial charge in [-0.1, -0.05) is 12.1 Å². The molecule has 110 valence electrons. The number of nitrogens with zero attached hydrogens (tertiary/aromatic N) is 1. The van der Waals surface area contributed by atoms with Crippen LogP contribution in [0.3, 0.4) is 0 Å². The molecule has 2 bridgehead atoms. The van der Waals surface area contributed by atoms with Crippen molar-refractivity contribution in [1.29, 1.82) is 0 Å². The maximum absolute atomic E-state index is 13.6. The van der Waals surface area contributed by atoms with Crippen molar-refractivity contribution in [3.8, 4) is 0 Å². The summed E-state index contributed by atoms with van der Waals surface area (Å²) >= 11 is 0. The molecule has 5 rings (SSSR count). The number of halogens is 1. The largest absolute Gasteiger partial charge is 0.450 e. The zero-order valence-electron chi connectivity index (χ0n) is 11.8. The summed E-state index contributed by atoms with van der Waals surface area (Å²) in [5, 5.41) is 0.660. The van der Waals surface area contributed by atoms with Crippen molar-refractivity contribution < 1.29 is 13.6 Å². The average molecular weight is 287 g/mol. The molecule has 1 aromatic carbocycles. The molecule has 0 aliphatic carbocycles. The lowest BCUT2D eigenvalue weighted by atomic mass is 9.76. The lowest BCUT2D eigenvalue weighted by Gasteiger charge is -2.44. The smallest absolute Gasteiger partial charge is 0.198 e. The van der Waals surface area contributed by atoms with Crippen molar-refractivity contribution in [2.75, 3.05) is 19.6 Å². The molecule has 4 heterocycles. The fourth-order valence-corrected chi connectivity index (χ4v) is 3.82. The number of benzene rings is 1. The summed E-state index contributed by atoms with van der Waals surface area (Å²) in [4.78, 5) is 14.9. The Morgan fingerprint density at radius 3 is 2.81 bits per heavy atom. The molecule has 3 saturated heterocycles. The standard InChI is InChI=1S/C17H18FNO2/c18-14-3-1-2-12-9-16(21-17(12)14)15(20)8-13-10-19-6-4-11(13)5-7-19/h1-3,9,11,13H,4-8,10H2/t13-/m0/s1. The van der Waals surface area contributed by atoms with Gasteiger partial charge in [-0.15, -0.1) is 0 Å². The quantitative estimate of drug-likeness (QED) is 0.810. The van der Waals surface area contributed by atoms with Crippen LogP contribution in [-0.4, -0.2) is 30.3 Å². The highest BCUT2D eigenvalue weighted by molar-refractivity contribution is 5.97. The molecule has 4 heteroatoms. The summed E-state index contributed by atoms with van der Waals surface area (Å²) in [6, 6.07) is 6.43. The predicted octanol–water partition coefficient (Wildman–Crippen LogP) is 3.49. The van der Waals surface area contributed by atoms with Crippen molar-refractivity contribution in [3.63, 3.8) is 0 Å². The van der Waals surface area contributed by atoms with E-state index in [4.69, 9.17) is 4.42 Å². The van der Waals surface area contributed by atoms with Crippen molar-refractivity contribution in [2.45, 2.75) is 19.3 Å². The monoisotopic (exact) mass is 287 g/mol. The average Bonchev–Trinajstić information content (AvgIpc) is 2.94. The molecule has 3 fully saturated rings. The fraction of sp³-hybridized carbons (Fsp3) is 0.471. The van der Waals surface area contributed by atoms with E-state index in [0.717, 1.165) is 6.54 Å². The summed E-state index contributed by atoms with van der Waals surface area (Å²) in [6.07, 6.45) is 2.92. The summed E-state index contributed by atoms with van der Waals surface area (Å²) in [6.45, 7) is 3.36. The van der Waals surface area contributed by atoms with Gasteiger partial charge in [0.05, 0.1) is 0 Å². The zero-order valence-corrected chi connectivity index (χ0v) is 11.8. The number of para-hydroxylation sites is 1. The predicted molar refractivity (Wildman–Crippen MR) is 77.8 cm³/mol. The second-order valence-electron chi connectivity index (χ2n) is 6.29. The van der Waals surface area contributed by atoms with E-state index in [1.165, 1.54) is 32.0 Å². The molecule has 0 N–H and O–H groups in total. The van der Waals surface area contributed by atoms with Gasteiger partial charge in [0.25, 0.3) is 0 Å². The van der Waals surface area contributed by atoms with Crippen LogP contribution >= 0.6 is 0 Å². The first-order valence-corrected chi connectivity index (χ1v) is 7.64. The van der Waals surface area contributed by atoms with Crippen LogP contribution < -0.4 is 0 Å². The summed E-state index contributed by atoms with van der Waals surface area (Å²) < 4.78 is 19.1. The highest BCUT2D eigenvalue weighted by atomic mass is 19.1. The van der Waals surface area contributed by atoms with E-state index in [1.807, 2.05) is 0 Å². The van der Waals surface area contributed by atoms with E-state index in [2.05, 4.69) is 4.90 Å². The number of Topliss-reactive ketones (excluding diaryl/α,β-unsaturated/α-hetero) is 1. The molecule has 3 aliphatic rings. The van der Waals surface area contributed by atoms with Gasteiger partial charge in [0.2, 0.25) is 0 Å². The Kier molecular flexibility index (Phi) is 3.07. The van der Waals surface area contributed by atoms with E-state index < -0.39 is 5.82 Å². The third-order valence-electron chi connectivity index (χ3n) is 5.01. The van der Waals surface area contributed by atoms with Crippen LogP contribution in [0.5, 0.6) is 0 Å². The third kappa shape index (κ3) is 2.27. The van der Waals surface area contributed by atoms with Gasteiger partial charge in [-0.05, 0) is 49.9 Å². The first-order chi connectivity index (χ1) is 10.2. The van der Waals surface area contributed by atoms with Crippen LogP contribution in [0.25, 0.3) is 11.0 Å². The Morgan fingerprint density at radius 2 is 2.14 bits per heavy atom. The summed E-state index contributed by atoms with van der Waals surface area (Å²) in [5.74, 6) is 0.989. The highest BCUT2D eigenvalue weighted by Crippen LogP contribution is 2.35. The van der Waals surface area contributed by atoms with E-state index >= 15 is 0 Å². The normalized spacial score (nSPS) is 28.1. The van der Waals surface area contributed by atoms with E-state index in [0.29, 0.717) is 29.4 Å². The molecule has 21 heavy (non-hydrogen) atoms. The van der Waals surface area contributed by atoms with E-state index in [9.17, 15) is 9.18 Å². The molecule has 1 atom stereocenters. The van der Waals surface area contributed by atoms with Gasteiger partial charge in [0, 0.05) is 18.4 Å². The second-order valence-corrected chi connectivity index (χ2v) is 6.29. The Balaban J connectivity index is 1.55. The van der Waals surface area contributed by atoms with Crippen LogP contribution in [-0.2, 0) is 0 Å². The van der Waals surface area contributed by atoms with Gasteiger partial charge in [0.1, 0.15) is 0 Å². The number of furan rings is 1.